The maximum absolute atomic E-state index is 15.0. The van der Waals surface area contributed by atoms with Gasteiger partial charge in [-0.05, 0) is 41.8 Å². The molecule has 0 aliphatic heterocycles. The molecule has 2 aromatic carbocycles. The highest BCUT2D eigenvalue weighted by Gasteiger charge is 2.55. The molecule has 1 atom stereocenters. The lowest BCUT2D eigenvalue weighted by atomic mass is 9.89. The van der Waals surface area contributed by atoms with Gasteiger partial charge >= 0.3 is 0 Å². The SMILES string of the molecule is NC(=O)c1cc(-c2cnc(NCCO)nc2C(Cc2cc(F)cc(F)c2)NC(=O)Cn2nc(C(F)F)c3c2C(F)(F)CCC3(F)F)ccc1F. The smallest absolute Gasteiger partial charge is 0.290 e. The summed E-state index contributed by atoms with van der Waals surface area (Å²) in [4.78, 5) is 33.8. The van der Waals surface area contributed by atoms with Crippen molar-refractivity contribution in [2.75, 3.05) is 18.5 Å². The number of hydrogen-bond donors (Lipinski definition) is 4. The second-order valence-corrected chi connectivity index (χ2v) is 11.3. The van der Waals surface area contributed by atoms with Gasteiger partial charge in [-0.15, -0.1) is 0 Å². The Morgan fingerprint density at radius 3 is 2.30 bits per heavy atom. The summed E-state index contributed by atoms with van der Waals surface area (Å²) in [6, 6.07) is 4.00. The molecular weight excluding hydrogens is 689 g/mol. The lowest BCUT2D eigenvalue weighted by Crippen LogP contribution is -2.37. The van der Waals surface area contributed by atoms with Crippen molar-refractivity contribution >= 4 is 17.8 Å². The number of carbonyl (C=O) groups excluding carboxylic acids is 2. The third-order valence-electron chi connectivity index (χ3n) is 7.73. The Morgan fingerprint density at radius 1 is 0.980 bits per heavy atom. The molecule has 2 aromatic heterocycles. The van der Waals surface area contributed by atoms with Crippen LogP contribution in [0.1, 0.15) is 63.9 Å². The highest BCUT2D eigenvalue weighted by Crippen LogP contribution is 2.52. The molecule has 2 heterocycles. The Balaban J connectivity index is 1.62. The fraction of sp³-hybridized carbons (Fsp3) is 0.323. The van der Waals surface area contributed by atoms with Gasteiger partial charge in [0, 0.05) is 37.2 Å². The zero-order chi connectivity index (χ0) is 36.5. The van der Waals surface area contributed by atoms with E-state index in [0.717, 1.165) is 30.5 Å². The highest BCUT2D eigenvalue weighted by molar-refractivity contribution is 5.94. The Labute approximate surface area is 276 Å². The predicted octanol–water partition coefficient (Wildman–Crippen LogP) is 5.28. The van der Waals surface area contributed by atoms with Gasteiger partial charge in [0.25, 0.3) is 24.2 Å². The molecule has 50 heavy (non-hydrogen) atoms. The second-order valence-electron chi connectivity index (χ2n) is 11.3. The molecule has 4 aromatic rings. The molecule has 0 fully saturated rings. The summed E-state index contributed by atoms with van der Waals surface area (Å²) in [7, 11) is 0. The largest absolute Gasteiger partial charge is 0.395 e. The summed E-state index contributed by atoms with van der Waals surface area (Å²) in [5.74, 6) is -13.8. The number of nitrogens with zero attached hydrogens (tertiary/aromatic N) is 4. The van der Waals surface area contributed by atoms with E-state index in [1.165, 1.54) is 6.07 Å². The van der Waals surface area contributed by atoms with Crippen LogP contribution in [0.25, 0.3) is 11.1 Å². The lowest BCUT2D eigenvalue weighted by Gasteiger charge is -2.29. The fourth-order valence-corrected chi connectivity index (χ4v) is 5.61. The van der Waals surface area contributed by atoms with Crippen LogP contribution < -0.4 is 16.4 Å². The molecule has 1 aliphatic rings. The van der Waals surface area contributed by atoms with E-state index in [0.29, 0.717) is 6.07 Å². The van der Waals surface area contributed by atoms with Crippen molar-refractivity contribution in [2.24, 2.45) is 5.73 Å². The number of anilines is 1. The number of aromatic nitrogens is 4. The average Bonchev–Trinajstić information content (AvgIpc) is 3.43. The van der Waals surface area contributed by atoms with Gasteiger partial charge in [0.2, 0.25) is 11.9 Å². The number of halogens is 9. The number of amides is 2. The van der Waals surface area contributed by atoms with E-state index in [4.69, 9.17) is 5.73 Å². The monoisotopic (exact) mass is 715 g/mol. The predicted molar refractivity (Wildman–Crippen MR) is 157 cm³/mol. The van der Waals surface area contributed by atoms with Crippen molar-refractivity contribution in [1.82, 2.24) is 25.1 Å². The first-order chi connectivity index (χ1) is 23.5. The maximum atomic E-state index is 15.0. The van der Waals surface area contributed by atoms with Crippen molar-refractivity contribution in [3.63, 3.8) is 0 Å². The number of aliphatic hydroxyl groups excluding tert-OH is 1. The van der Waals surface area contributed by atoms with Crippen LogP contribution in [0.5, 0.6) is 0 Å². The fourth-order valence-electron chi connectivity index (χ4n) is 5.61. The third-order valence-corrected chi connectivity index (χ3v) is 7.73. The molecule has 5 N–H and O–H groups in total. The number of carbonyl (C=O) groups is 2. The summed E-state index contributed by atoms with van der Waals surface area (Å²) in [6.07, 6.45) is -5.89. The summed E-state index contributed by atoms with van der Waals surface area (Å²) < 4.78 is 130. The van der Waals surface area contributed by atoms with Gasteiger partial charge in [-0.25, -0.2) is 40.7 Å². The normalized spacial score (nSPS) is 15.4. The van der Waals surface area contributed by atoms with Crippen molar-refractivity contribution in [3.8, 4) is 11.1 Å². The van der Waals surface area contributed by atoms with Crippen LogP contribution in [-0.4, -0.2) is 49.8 Å². The molecule has 19 heteroatoms. The number of hydrogen-bond acceptors (Lipinski definition) is 7. The van der Waals surface area contributed by atoms with Crippen LogP contribution >= 0.6 is 0 Å². The van der Waals surface area contributed by atoms with Gasteiger partial charge < -0.3 is 21.5 Å². The zero-order valence-corrected chi connectivity index (χ0v) is 25.5. The number of aliphatic hydroxyl groups is 1. The van der Waals surface area contributed by atoms with Gasteiger partial charge in [-0.3, -0.25) is 14.3 Å². The first-order valence-corrected chi connectivity index (χ1v) is 14.7. The molecule has 10 nitrogen and oxygen atoms in total. The molecule has 0 radical (unpaired) electrons. The molecule has 266 valence electrons. The van der Waals surface area contributed by atoms with Gasteiger partial charge in [0.1, 0.15) is 35.4 Å². The molecule has 1 unspecified atom stereocenters. The summed E-state index contributed by atoms with van der Waals surface area (Å²) in [5, 5.41) is 17.6. The molecule has 0 saturated heterocycles. The van der Waals surface area contributed by atoms with Crippen molar-refractivity contribution < 1.29 is 54.2 Å². The Kier molecular flexibility index (Phi) is 10.1. The lowest BCUT2D eigenvalue weighted by molar-refractivity contribution is -0.123. The average molecular weight is 716 g/mol. The minimum atomic E-state index is -4.10. The number of alkyl halides is 6. The number of rotatable bonds is 12. The van der Waals surface area contributed by atoms with Crippen LogP contribution in [0.3, 0.4) is 0 Å². The van der Waals surface area contributed by atoms with Crippen LogP contribution in [0, 0.1) is 17.5 Å². The van der Waals surface area contributed by atoms with E-state index in [-0.39, 0.29) is 46.2 Å². The standard InChI is InChI=1S/C31H26F9N7O3/c32-16-7-14(8-17(33)11-16)9-21(24-19(12-43-29(45-24)42-5-6-48)15-1-2-20(34)18(10-15)28(41)50)44-22(49)13-47-26-23(25(46-47)27(35)36)30(37,38)3-4-31(26,39)40/h1-2,7-8,10-12,21,27,48H,3-6,9,13H2,(H2,41,50)(H,44,49)(H,42,43,45). The topological polar surface area (TPSA) is 148 Å². The van der Waals surface area contributed by atoms with Gasteiger partial charge in [0.05, 0.1) is 29.5 Å². The van der Waals surface area contributed by atoms with Gasteiger partial charge in [0.15, 0.2) is 0 Å². The van der Waals surface area contributed by atoms with Crippen LogP contribution in [0.2, 0.25) is 0 Å². The quantitative estimate of drug-likeness (QED) is 0.146. The van der Waals surface area contributed by atoms with Crippen molar-refractivity contribution in [2.45, 2.75) is 50.1 Å². The van der Waals surface area contributed by atoms with Crippen molar-refractivity contribution in [3.05, 3.63) is 93.8 Å². The van der Waals surface area contributed by atoms with Crippen molar-refractivity contribution in [1.29, 1.82) is 0 Å². The Bertz CT molecular complexity index is 1920. The number of fused-ring (bicyclic) bond motifs is 1. The van der Waals surface area contributed by atoms with Gasteiger partial charge in [-0.1, -0.05) is 6.07 Å². The van der Waals surface area contributed by atoms with E-state index in [2.05, 4.69) is 25.7 Å². The molecule has 2 amide bonds. The van der Waals surface area contributed by atoms with Gasteiger partial charge in [-0.2, -0.15) is 13.9 Å². The highest BCUT2D eigenvalue weighted by atomic mass is 19.3. The second kappa shape index (κ2) is 14.0. The molecule has 5 rings (SSSR count). The molecule has 1 aliphatic carbocycles. The Hall–Kier alpha value is -5.20. The van der Waals surface area contributed by atoms with Crippen LogP contribution in [0.4, 0.5) is 45.5 Å². The number of benzene rings is 2. The van der Waals surface area contributed by atoms with E-state index in [1.807, 2.05) is 0 Å². The molecular formula is C31H26F9N7O3. The number of nitrogens with one attached hydrogen (secondary N) is 2. The maximum Gasteiger partial charge on any atom is 0.290 e. The summed E-state index contributed by atoms with van der Waals surface area (Å²) in [5.41, 5.74) is -0.342. The van der Waals surface area contributed by atoms with E-state index >= 15 is 0 Å². The zero-order valence-electron chi connectivity index (χ0n) is 25.5. The minimum Gasteiger partial charge on any atom is -0.395 e. The van der Waals surface area contributed by atoms with Crippen LogP contribution in [0.15, 0.2) is 42.6 Å². The summed E-state index contributed by atoms with van der Waals surface area (Å²) in [6.45, 7) is -1.75. The molecule has 0 bridgehead atoms. The first-order valence-electron chi connectivity index (χ1n) is 14.7. The van der Waals surface area contributed by atoms with Crippen LogP contribution in [-0.2, 0) is 29.6 Å². The Morgan fingerprint density at radius 2 is 1.66 bits per heavy atom. The summed E-state index contributed by atoms with van der Waals surface area (Å²) >= 11 is 0. The first kappa shape index (κ1) is 36.1. The number of nitrogens with two attached hydrogens (primary N) is 1. The van der Waals surface area contributed by atoms with E-state index < -0.39 is 102 Å². The third kappa shape index (κ3) is 7.51. The molecule has 0 spiro atoms. The van der Waals surface area contributed by atoms with E-state index in [1.54, 1.807) is 0 Å². The van der Waals surface area contributed by atoms with E-state index in [9.17, 15) is 54.2 Å². The minimum absolute atomic E-state index is 0.00754. The number of primary amides is 1. The molecule has 0 saturated carbocycles.